The van der Waals surface area contributed by atoms with Crippen LogP contribution in [0.1, 0.15) is 12.8 Å². The van der Waals surface area contributed by atoms with Crippen LogP contribution in [-0.4, -0.2) is 35.9 Å². The van der Waals surface area contributed by atoms with Crippen LogP contribution in [0.25, 0.3) is 0 Å². The van der Waals surface area contributed by atoms with Gasteiger partial charge in [-0.25, -0.2) is 18.4 Å². The van der Waals surface area contributed by atoms with Crippen molar-refractivity contribution in [1.82, 2.24) is 9.97 Å². The quantitative estimate of drug-likeness (QED) is 0.864. The second-order valence-corrected chi connectivity index (χ2v) is 6.45. The maximum Gasteiger partial charge on any atom is 0.152 e. The maximum atomic E-state index is 11.4. The van der Waals surface area contributed by atoms with Crippen molar-refractivity contribution in [2.45, 2.75) is 18.9 Å². The van der Waals surface area contributed by atoms with Gasteiger partial charge >= 0.3 is 0 Å². The van der Waals surface area contributed by atoms with E-state index in [4.69, 9.17) is 11.6 Å². The zero-order chi connectivity index (χ0) is 11.6. The van der Waals surface area contributed by atoms with Gasteiger partial charge in [-0.05, 0) is 12.8 Å². The van der Waals surface area contributed by atoms with E-state index in [1.54, 1.807) is 0 Å². The summed E-state index contributed by atoms with van der Waals surface area (Å²) in [6.07, 6.45) is 4.36. The summed E-state index contributed by atoms with van der Waals surface area (Å²) in [5, 5.41) is 3.45. The fourth-order valence-electron chi connectivity index (χ4n) is 1.75. The maximum absolute atomic E-state index is 11.4. The molecule has 1 fully saturated rings. The highest BCUT2D eigenvalue weighted by Crippen LogP contribution is 2.21. The van der Waals surface area contributed by atoms with Gasteiger partial charge in [0, 0.05) is 6.04 Å². The number of nitrogens with zero attached hydrogens (tertiary/aromatic N) is 2. The van der Waals surface area contributed by atoms with Crippen molar-refractivity contribution in [2.75, 3.05) is 16.8 Å². The van der Waals surface area contributed by atoms with Gasteiger partial charge in [-0.3, -0.25) is 0 Å². The van der Waals surface area contributed by atoms with Crippen molar-refractivity contribution in [3.8, 4) is 0 Å². The van der Waals surface area contributed by atoms with Gasteiger partial charge in [0.15, 0.2) is 9.84 Å². The standard InChI is InChI=1S/C9H12ClN3O2S/c10-8-4-11-6-12-9(8)13-7-2-1-3-16(14,15)5-7/h4,6-7H,1-3,5H2,(H,11,12,13). The van der Waals surface area contributed by atoms with Gasteiger partial charge in [-0.15, -0.1) is 0 Å². The normalized spacial score (nSPS) is 23.9. The Morgan fingerprint density at radius 2 is 2.31 bits per heavy atom. The van der Waals surface area contributed by atoms with Crippen molar-refractivity contribution in [1.29, 1.82) is 0 Å². The Bertz CT molecular complexity index is 477. The average Bonchev–Trinajstić information content (AvgIpc) is 2.20. The minimum Gasteiger partial charge on any atom is -0.365 e. The Balaban J connectivity index is 2.08. The van der Waals surface area contributed by atoms with Crippen LogP contribution in [0.5, 0.6) is 0 Å². The fourth-order valence-corrected chi connectivity index (χ4v) is 3.54. The van der Waals surface area contributed by atoms with Crippen LogP contribution in [0.15, 0.2) is 12.5 Å². The smallest absolute Gasteiger partial charge is 0.152 e. The summed E-state index contributed by atoms with van der Waals surface area (Å²) >= 11 is 5.88. The molecule has 16 heavy (non-hydrogen) atoms. The number of sulfone groups is 1. The topological polar surface area (TPSA) is 72.0 Å². The molecular weight excluding hydrogens is 250 g/mol. The average molecular weight is 262 g/mol. The molecule has 1 aliphatic rings. The molecule has 0 spiro atoms. The van der Waals surface area contributed by atoms with Crippen LogP contribution in [0.2, 0.25) is 5.02 Å². The van der Waals surface area contributed by atoms with Gasteiger partial charge < -0.3 is 5.32 Å². The molecule has 0 amide bonds. The first kappa shape index (κ1) is 11.6. The zero-order valence-electron chi connectivity index (χ0n) is 8.56. The molecule has 1 N–H and O–H groups in total. The third-order valence-corrected chi connectivity index (χ3v) is 4.57. The lowest BCUT2D eigenvalue weighted by molar-refractivity contribution is 0.561. The van der Waals surface area contributed by atoms with Gasteiger partial charge in [0.25, 0.3) is 0 Å². The second-order valence-electron chi connectivity index (χ2n) is 3.82. The first-order chi connectivity index (χ1) is 7.57. The number of hydrogen-bond donors (Lipinski definition) is 1. The molecule has 1 saturated heterocycles. The Labute approximate surface area is 99.2 Å². The van der Waals surface area contributed by atoms with E-state index in [2.05, 4.69) is 15.3 Å². The molecule has 1 unspecified atom stereocenters. The van der Waals surface area contributed by atoms with Gasteiger partial charge in [0.1, 0.15) is 17.2 Å². The third kappa shape index (κ3) is 2.82. The lowest BCUT2D eigenvalue weighted by Gasteiger charge is -2.23. The van der Waals surface area contributed by atoms with Crippen molar-refractivity contribution in [3.05, 3.63) is 17.5 Å². The number of rotatable bonds is 2. The lowest BCUT2D eigenvalue weighted by atomic mass is 10.2. The molecule has 88 valence electrons. The summed E-state index contributed by atoms with van der Waals surface area (Å²) < 4.78 is 22.9. The predicted octanol–water partition coefficient (Wildman–Crippen LogP) is 1.12. The van der Waals surface area contributed by atoms with E-state index in [9.17, 15) is 8.42 Å². The van der Waals surface area contributed by atoms with Crippen LogP contribution in [-0.2, 0) is 9.84 Å². The minimum atomic E-state index is -2.91. The van der Waals surface area contributed by atoms with E-state index >= 15 is 0 Å². The number of nitrogens with one attached hydrogen (secondary N) is 1. The van der Waals surface area contributed by atoms with Crippen LogP contribution in [0, 0.1) is 0 Å². The summed E-state index contributed by atoms with van der Waals surface area (Å²) in [6.45, 7) is 0. The van der Waals surface area contributed by atoms with Crippen LogP contribution >= 0.6 is 11.6 Å². The molecule has 5 nitrogen and oxygen atoms in total. The first-order valence-electron chi connectivity index (χ1n) is 4.99. The monoisotopic (exact) mass is 261 g/mol. The highest BCUT2D eigenvalue weighted by molar-refractivity contribution is 7.91. The number of aromatic nitrogens is 2. The van der Waals surface area contributed by atoms with E-state index in [1.165, 1.54) is 12.5 Å². The van der Waals surface area contributed by atoms with Gasteiger partial charge in [-0.2, -0.15) is 0 Å². The van der Waals surface area contributed by atoms with E-state index < -0.39 is 9.84 Å². The molecule has 0 aromatic carbocycles. The van der Waals surface area contributed by atoms with Gasteiger partial charge in [-0.1, -0.05) is 11.6 Å². The molecule has 7 heteroatoms. The molecule has 0 bridgehead atoms. The molecule has 2 rings (SSSR count). The molecule has 1 aromatic rings. The number of halogens is 1. The fraction of sp³-hybridized carbons (Fsp3) is 0.556. The van der Waals surface area contributed by atoms with Gasteiger partial charge in [0.05, 0.1) is 17.7 Å². The van der Waals surface area contributed by atoms with Crippen molar-refractivity contribution in [2.24, 2.45) is 0 Å². The molecule has 1 atom stereocenters. The highest BCUT2D eigenvalue weighted by atomic mass is 35.5. The van der Waals surface area contributed by atoms with Crippen molar-refractivity contribution >= 4 is 27.3 Å². The van der Waals surface area contributed by atoms with Crippen LogP contribution in [0.3, 0.4) is 0 Å². The first-order valence-corrected chi connectivity index (χ1v) is 7.19. The van der Waals surface area contributed by atoms with Crippen molar-refractivity contribution < 1.29 is 8.42 Å². The van der Waals surface area contributed by atoms with Crippen LogP contribution in [0.4, 0.5) is 5.82 Å². The Kier molecular flexibility index (Phi) is 3.30. The molecule has 1 aromatic heterocycles. The summed E-state index contributed by atoms with van der Waals surface area (Å²) in [7, 11) is -2.91. The lowest BCUT2D eigenvalue weighted by Crippen LogP contribution is -2.35. The SMILES string of the molecule is O=S1(=O)CCCC(Nc2ncncc2Cl)C1. The summed E-state index contributed by atoms with van der Waals surface area (Å²) in [5.74, 6) is 0.925. The molecule has 0 saturated carbocycles. The Hall–Kier alpha value is -0.880. The van der Waals surface area contributed by atoms with Crippen LogP contribution < -0.4 is 5.32 Å². The largest absolute Gasteiger partial charge is 0.365 e. The highest BCUT2D eigenvalue weighted by Gasteiger charge is 2.25. The van der Waals surface area contributed by atoms with Gasteiger partial charge in [0.2, 0.25) is 0 Å². The molecular formula is C9H12ClN3O2S. The molecule has 2 heterocycles. The van der Waals surface area contributed by atoms with E-state index in [0.29, 0.717) is 17.3 Å². The summed E-state index contributed by atoms with van der Waals surface area (Å²) in [4.78, 5) is 7.74. The van der Waals surface area contributed by atoms with E-state index in [1.807, 2.05) is 0 Å². The third-order valence-electron chi connectivity index (χ3n) is 2.47. The minimum absolute atomic E-state index is 0.105. The molecule has 0 radical (unpaired) electrons. The molecule has 1 aliphatic heterocycles. The summed E-state index contributed by atoms with van der Waals surface area (Å²) in [6, 6.07) is -0.105. The summed E-state index contributed by atoms with van der Waals surface area (Å²) in [5.41, 5.74) is 0. The Morgan fingerprint density at radius 1 is 1.50 bits per heavy atom. The van der Waals surface area contributed by atoms with E-state index in [-0.39, 0.29) is 17.5 Å². The second kappa shape index (κ2) is 4.55. The molecule has 0 aliphatic carbocycles. The number of hydrogen-bond acceptors (Lipinski definition) is 5. The number of anilines is 1. The predicted molar refractivity (Wildman–Crippen MR) is 62.3 cm³/mol. The van der Waals surface area contributed by atoms with E-state index in [0.717, 1.165) is 6.42 Å². The Morgan fingerprint density at radius 3 is 3.00 bits per heavy atom. The zero-order valence-corrected chi connectivity index (χ0v) is 10.1. The van der Waals surface area contributed by atoms with Crippen molar-refractivity contribution in [3.63, 3.8) is 0 Å².